The van der Waals surface area contributed by atoms with E-state index in [9.17, 15) is 18.0 Å². The third-order valence-electron chi connectivity index (χ3n) is 5.74. The van der Waals surface area contributed by atoms with E-state index in [2.05, 4.69) is 10.4 Å². The smallest absolute Gasteiger partial charge is 0.281 e. The van der Waals surface area contributed by atoms with Crippen LogP contribution in [-0.2, 0) is 28.4 Å². The first-order chi connectivity index (χ1) is 15.6. The first-order valence-corrected chi connectivity index (χ1v) is 12.1. The number of fused-ring (bicyclic) bond motifs is 1. The number of aromatic nitrogens is 4. The van der Waals surface area contributed by atoms with Crippen LogP contribution in [0, 0.1) is 6.92 Å². The molecule has 1 aromatic carbocycles. The zero-order valence-electron chi connectivity index (χ0n) is 19.1. The largest absolute Gasteiger partial charge is 0.340 e. The number of amides is 1. The normalized spacial score (nSPS) is 15.2. The van der Waals surface area contributed by atoms with E-state index in [-0.39, 0.29) is 29.5 Å². The second-order valence-corrected chi connectivity index (χ2v) is 9.90. The van der Waals surface area contributed by atoms with Crippen LogP contribution in [0.2, 0.25) is 0 Å². The number of aryl methyl sites for hydroxylation is 2. The number of carbonyl (C=O) groups excluding carboxylic acids is 1. The molecule has 0 bridgehead atoms. The Morgan fingerprint density at radius 2 is 1.76 bits per heavy atom. The molecule has 176 valence electrons. The summed E-state index contributed by atoms with van der Waals surface area (Å²) in [4.78, 5) is 31.1. The zero-order valence-corrected chi connectivity index (χ0v) is 19.9. The lowest BCUT2D eigenvalue weighted by atomic mass is 10.3. The molecule has 11 nitrogen and oxygen atoms in total. The lowest BCUT2D eigenvalue weighted by Gasteiger charge is -2.35. The average Bonchev–Trinajstić information content (AvgIpc) is 3.07. The molecule has 0 unspecified atom stereocenters. The maximum Gasteiger partial charge on any atom is 0.281 e. The molecule has 3 aromatic rings. The van der Waals surface area contributed by atoms with E-state index in [1.807, 2.05) is 18.7 Å². The summed E-state index contributed by atoms with van der Waals surface area (Å²) in [5, 5.41) is 6.95. The highest BCUT2D eigenvalue weighted by molar-refractivity contribution is 7.89. The van der Waals surface area contributed by atoms with Crippen molar-refractivity contribution in [2.75, 3.05) is 36.4 Å². The molecular weight excluding hydrogens is 446 g/mol. The van der Waals surface area contributed by atoms with Gasteiger partial charge in [0.2, 0.25) is 21.9 Å². The van der Waals surface area contributed by atoms with E-state index in [0.29, 0.717) is 48.0 Å². The Bertz CT molecular complexity index is 1370. The molecule has 3 heterocycles. The van der Waals surface area contributed by atoms with Crippen molar-refractivity contribution in [1.82, 2.24) is 23.6 Å². The summed E-state index contributed by atoms with van der Waals surface area (Å²) in [7, 11) is -1.96. The predicted molar refractivity (Wildman–Crippen MR) is 125 cm³/mol. The van der Waals surface area contributed by atoms with Crippen LogP contribution in [0.1, 0.15) is 19.5 Å². The van der Waals surface area contributed by atoms with Crippen molar-refractivity contribution in [2.45, 2.75) is 32.2 Å². The van der Waals surface area contributed by atoms with E-state index in [1.165, 1.54) is 23.4 Å². The minimum absolute atomic E-state index is 0.157. The number of hydrogen-bond acceptors (Lipinski definition) is 7. The summed E-state index contributed by atoms with van der Waals surface area (Å²) < 4.78 is 30.8. The molecule has 0 atom stereocenters. The van der Waals surface area contributed by atoms with Crippen molar-refractivity contribution in [3.8, 4) is 0 Å². The SMILES string of the molecule is CCn1c(N2CCN(S(=O)(=O)c3ccc(NC(C)=O)cc3)CC2)nc2c(C)nn(C)c2c1=O. The molecule has 0 aliphatic carbocycles. The highest BCUT2D eigenvalue weighted by Gasteiger charge is 2.30. The second-order valence-electron chi connectivity index (χ2n) is 7.96. The molecule has 1 amide bonds. The van der Waals surface area contributed by atoms with E-state index >= 15 is 0 Å². The predicted octanol–water partition coefficient (Wildman–Crippen LogP) is 0.928. The average molecular weight is 474 g/mol. The lowest BCUT2D eigenvalue weighted by Crippen LogP contribution is -2.50. The van der Waals surface area contributed by atoms with Gasteiger partial charge < -0.3 is 10.2 Å². The molecular formula is C21H27N7O4S. The molecule has 1 aliphatic rings. The summed E-state index contributed by atoms with van der Waals surface area (Å²) in [5.41, 5.74) is 2.09. The van der Waals surface area contributed by atoms with Crippen molar-refractivity contribution < 1.29 is 13.2 Å². The van der Waals surface area contributed by atoms with Crippen LogP contribution in [0.15, 0.2) is 34.0 Å². The Kier molecular flexibility index (Phi) is 5.97. The van der Waals surface area contributed by atoms with Crippen molar-refractivity contribution in [2.24, 2.45) is 7.05 Å². The number of nitrogens with one attached hydrogen (secondary N) is 1. The fourth-order valence-corrected chi connectivity index (χ4v) is 5.54. The van der Waals surface area contributed by atoms with Crippen LogP contribution in [0.5, 0.6) is 0 Å². The van der Waals surface area contributed by atoms with Gasteiger partial charge in [-0.05, 0) is 38.1 Å². The molecule has 33 heavy (non-hydrogen) atoms. The number of hydrogen-bond donors (Lipinski definition) is 1. The molecule has 4 rings (SSSR count). The van der Waals surface area contributed by atoms with Gasteiger partial charge in [-0.3, -0.25) is 18.8 Å². The van der Waals surface area contributed by atoms with E-state index in [1.54, 1.807) is 28.4 Å². The fraction of sp³-hybridized carbons (Fsp3) is 0.429. The number of sulfonamides is 1. The van der Waals surface area contributed by atoms with Crippen LogP contribution >= 0.6 is 0 Å². The first kappa shape index (κ1) is 22.9. The number of rotatable bonds is 5. The quantitative estimate of drug-likeness (QED) is 0.585. The number of carbonyl (C=O) groups is 1. The number of anilines is 2. The van der Waals surface area contributed by atoms with Gasteiger partial charge in [-0.15, -0.1) is 0 Å². The maximum absolute atomic E-state index is 13.1. The van der Waals surface area contributed by atoms with Crippen LogP contribution < -0.4 is 15.8 Å². The molecule has 1 fully saturated rings. The molecule has 0 saturated carbocycles. The Labute approximate surface area is 191 Å². The topological polar surface area (TPSA) is 122 Å². The summed E-state index contributed by atoms with van der Waals surface area (Å²) in [6, 6.07) is 6.12. The monoisotopic (exact) mass is 473 g/mol. The molecule has 2 aromatic heterocycles. The number of nitrogens with zero attached hydrogens (tertiary/aromatic N) is 6. The highest BCUT2D eigenvalue weighted by Crippen LogP contribution is 2.23. The summed E-state index contributed by atoms with van der Waals surface area (Å²) in [6.07, 6.45) is 0. The Hall–Kier alpha value is -3.25. The van der Waals surface area contributed by atoms with Gasteiger partial charge in [0.15, 0.2) is 5.52 Å². The van der Waals surface area contributed by atoms with Gasteiger partial charge in [0.1, 0.15) is 5.52 Å². The van der Waals surface area contributed by atoms with Gasteiger partial charge >= 0.3 is 0 Å². The third-order valence-corrected chi connectivity index (χ3v) is 7.65. The molecule has 1 aliphatic heterocycles. The fourth-order valence-electron chi connectivity index (χ4n) is 4.12. The van der Waals surface area contributed by atoms with Crippen molar-refractivity contribution >= 4 is 38.6 Å². The van der Waals surface area contributed by atoms with Crippen LogP contribution in [0.25, 0.3) is 11.0 Å². The standard InChI is InChI=1S/C21H27N7O4S/c1-5-28-20(30)19-18(14(2)24-25(19)4)23-21(28)26-10-12-27(13-11-26)33(31,32)17-8-6-16(7-9-17)22-15(3)29/h6-9H,5,10-13H2,1-4H3,(H,22,29). The molecule has 0 spiro atoms. The molecule has 1 N–H and O–H groups in total. The molecule has 12 heteroatoms. The summed E-state index contributed by atoms with van der Waals surface area (Å²) in [5.74, 6) is 0.309. The van der Waals surface area contributed by atoms with E-state index < -0.39 is 10.0 Å². The lowest BCUT2D eigenvalue weighted by molar-refractivity contribution is -0.114. The van der Waals surface area contributed by atoms with E-state index in [4.69, 9.17) is 4.98 Å². The maximum atomic E-state index is 13.1. The Balaban J connectivity index is 1.56. The van der Waals surface area contributed by atoms with Gasteiger partial charge in [-0.1, -0.05) is 0 Å². The minimum atomic E-state index is -3.68. The highest BCUT2D eigenvalue weighted by atomic mass is 32.2. The van der Waals surface area contributed by atoms with Crippen LogP contribution in [0.4, 0.5) is 11.6 Å². The van der Waals surface area contributed by atoms with Gasteiger partial charge in [0.25, 0.3) is 5.56 Å². The summed E-state index contributed by atoms with van der Waals surface area (Å²) in [6.45, 7) is 6.87. The van der Waals surface area contributed by atoms with Gasteiger partial charge in [-0.2, -0.15) is 9.40 Å². The van der Waals surface area contributed by atoms with Crippen molar-refractivity contribution in [1.29, 1.82) is 0 Å². The first-order valence-electron chi connectivity index (χ1n) is 10.7. The number of piperazine rings is 1. The zero-order chi connectivity index (χ0) is 23.9. The molecule has 1 saturated heterocycles. The second kappa shape index (κ2) is 8.60. The Morgan fingerprint density at radius 3 is 2.33 bits per heavy atom. The third kappa shape index (κ3) is 4.11. The van der Waals surface area contributed by atoms with Gasteiger partial charge in [-0.25, -0.2) is 13.4 Å². The van der Waals surface area contributed by atoms with Crippen molar-refractivity contribution in [3.05, 3.63) is 40.3 Å². The summed E-state index contributed by atoms with van der Waals surface area (Å²) >= 11 is 0. The van der Waals surface area contributed by atoms with Crippen LogP contribution in [-0.4, -0.2) is 64.1 Å². The van der Waals surface area contributed by atoms with Crippen molar-refractivity contribution in [3.63, 3.8) is 0 Å². The van der Waals surface area contributed by atoms with Crippen LogP contribution in [0.3, 0.4) is 0 Å². The Morgan fingerprint density at radius 1 is 1.12 bits per heavy atom. The van der Waals surface area contributed by atoms with E-state index in [0.717, 1.165) is 0 Å². The van der Waals surface area contributed by atoms with Gasteiger partial charge in [0, 0.05) is 52.4 Å². The minimum Gasteiger partial charge on any atom is -0.340 e. The number of benzene rings is 1. The van der Waals surface area contributed by atoms with Gasteiger partial charge in [0.05, 0.1) is 10.6 Å². The molecule has 0 radical (unpaired) electrons.